The van der Waals surface area contributed by atoms with Crippen molar-refractivity contribution in [1.29, 1.82) is 0 Å². The molecular formula is C13H20. The van der Waals surface area contributed by atoms with Gasteiger partial charge in [-0.1, -0.05) is 57.0 Å². The zero-order chi connectivity index (χ0) is 9.40. The minimum atomic E-state index is 0. The molecule has 0 aliphatic rings. The maximum absolute atomic E-state index is 3.74. The largest absolute Gasteiger partial charge is 0.0985 e. The van der Waals surface area contributed by atoms with E-state index in [1.54, 1.807) is 0 Å². The molecule has 0 bridgehead atoms. The van der Waals surface area contributed by atoms with Crippen LogP contribution in [0.4, 0.5) is 0 Å². The molecule has 13 heavy (non-hydrogen) atoms. The summed E-state index contributed by atoms with van der Waals surface area (Å²) in [7, 11) is 0. The minimum Gasteiger partial charge on any atom is -0.0985 e. The molecule has 0 nitrogen and oxygen atoms in total. The van der Waals surface area contributed by atoms with Gasteiger partial charge in [-0.2, -0.15) is 0 Å². The second-order valence-corrected chi connectivity index (χ2v) is 2.30. The van der Waals surface area contributed by atoms with Gasteiger partial charge in [0.15, 0.2) is 0 Å². The summed E-state index contributed by atoms with van der Waals surface area (Å²) in [6, 6.07) is 0. The van der Waals surface area contributed by atoms with Gasteiger partial charge in [0, 0.05) is 0 Å². The fourth-order valence-corrected chi connectivity index (χ4v) is 0.884. The summed E-state index contributed by atoms with van der Waals surface area (Å²) in [6.45, 7) is 11.4. The average Bonchev–Trinajstić information content (AvgIpc) is 2.12. The third kappa shape index (κ3) is 5.02. The molecule has 0 saturated carbocycles. The van der Waals surface area contributed by atoms with Crippen LogP contribution in [0.25, 0.3) is 0 Å². The van der Waals surface area contributed by atoms with Gasteiger partial charge in [0.25, 0.3) is 0 Å². The lowest BCUT2D eigenvalue weighted by Crippen LogP contribution is -1.80. The van der Waals surface area contributed by atoms with Crippen molar-refractivity contribution in [3.8, 4) is 0 Å². The monoisotopic (exact) mass is 176 g/mol. The highest BCUT2D eigenvalue weighted by atomic mass is 14.0. The summed E-state index contributed by atoms with van der Waals surface area (Å²) in [5.41, 5.74) is 2.22. The lowest BCUT2D eigenvalue weighted by Gasteiger charge is -1.99. The molecule has 0 aliphatic heterocycles. The van der Waals surface area contributed by atoms with Crippen molar-refractivity contribution in [1.82, 2.24) is 0 Å². The van der Waals surface area contributed by atoms with E-state index in [1.165, 1.54) is 0 Å². The normalized spacial score (nSPS) is 12.5. The Kier molecular flexibility index (Phi) is 9.63. The fraction of sp³-hybridized carbons (Fsp3) is 0.231. The molecule has 0 radical (unpaired) electrons. The van der Waals surface area contributed by atoms with E-state index in [4.69, 9.17) is 0 Å². The molecule has 0 fully saturated rings. The van der Waals surface area contributed by atoms with Gasteiger partial charge in [0.1, 0.15) is 0 Å². The van der Waals surface area contributed by atoms with Crippen molar-refractivity contribution in [2.45, 2.75) is 21.3 Å². The van der Waals surface area contributed by atoms with Crippen LogP contribution in [0.3, 0.4) is 0 Å². The van der Waals surface area contributed by atoms with Crippen molar-refractivity contribution in [3.05, 3.63) is 60.8 Å². The van der Waals surface area contributed by atoms with Gasteiger partial charge in [0.2, 0.25) is 0 Å². The Balaban J connectivity index is 0. The van der Waals surface area contributed by atoms with E-state index < -0.39 is 0 Å². The third-order valence-electron chi connectivity index (χ3n) is 1.55. The first-order valence-electron chi connectivity index (χ1n) is 4.04. The van der Waals surface area contributed by atoms with Gasteiger partial charge in [0.05, 0.1) is 0 Å². The standard InChI is InChI=1S/C12H16.CH4/c1-5-9-10-12(8-4)11(6-2)7-3;/h5-10H,2,4H2,1,3H3;1H4/b9-5-,11-7-,12-10-;. The van der Waals surface area contributed by atoms with E-state index >= 15 is 0 Å². The zero-order valence-electron chi connectivity index (χ0n) is 7.88. The molecule has 0 atom stereocenters. The SMILES string of the molecule is C.C=CC(=C/C)/C(C=C)=C\C=C/C. The number of rotatable bonds is 4. The lowest BCUT2D eigenvalue weighted by molar-refractivity contribution is 1.51. The quantitative estimate of drug-likeness (QED) is 0.555. The summed E-state index contributed by atoms with van der Waals surface area (Å²) in [5, 5.41) is 0. The average molecular weight is 176 g/mol. The first-order valence-corrected chi connectivity index (χ1v) is 4.04. The molecule has 0 heteroatoms. The van der Waals surface area contributed by atoms with Crippen molar-refractivity contribution < 1.29 is 0 Å². The molecule has 0 rings (SSSR count). The van der Waals surface area contributed by atoms with E-state index in [0.29, 0.717) is 0 Å². The molecule has 0 unspecified atom stereocenters. The molecule has 72 valence electrons. The first kappa shape index (κ1) is 14.2. The van der Waals surface area contributed by atoms with Crippen LogP contribution in [-0.4, -0.2) is 0 Å². The summed E-state index contributed by atoms with van der Waals surface area (Å²) in [6.07, 6.45) is 11.7. The molecule has 0 heterocycles. The van der Waals surface area contributed by atoms with Crippen molar-refractivity contribution >= 4 is 0 Å². The summed E-state index contributed by atoms with van der Waals surface area (Å²) in [5.74, 6) is 0. The molecule has 0 aromatic carbocycles. The number of allylic oxidation sites excluding steroid dienone is 8. The van der Waals surface area contributed by atoms with Crippen LogP contribution >= 0.6 is 0 Å². The Morgan fingerprint density at radius 3 is 1.85 bits per heavy atom. The molecule has 0 saturated heterocycles. The smallest absolute Gasteiger partial charge is 0.0194 e. The molecule has 0 aromatic rings. The van der Waals surface area contributed by atoms with Crippen LogP contribution in [-0.2, 0) is 0 Å². The maximum Gasteiger partial charge on any atom is -0.0194 e. The van der Waals surface area contributed by atoms with Crippen molar-refractivity contribution in [2.75, 3.05) is 0 Å². The molecule has 0 N–H and O–H groups in total. The molecule has 0 aromatic heterocycles. The van der Waals surface area contributed by atoms with Crippen LogP contribution < -0.4 is 0 Å². The predicted octanol–water partition coefficient (Wildman–Crippen LogP) is 4.44. The van der Waals surface area contributed by atoms with Gasteiger partial charge in [-0.3, -0.25) is 0 Å². The second kappa shape index (κ2) is 8.79. The molecule has 0 aliphatic carbocycles. The lowest BCUT2D eigenvalue weighted by atomic mass is 10.1. The van der Waals surface area contributed by atoms with E-state index in [9.17, 15) is 0 Å². The highest BCUT2D eigenvalue weighted by molar-refractivity contribution is 5.46. The van der Waals surface area contributed by atoms with Crippen LogP contribution in [0.5, 0.6) is 0 Å². The zero-order valence-corrected chi connectivity index (χ0v) is 7.88. The topological polar surface area (TPSA) is 0 Å². The van der Waals surface area contributed by atoms with Crippen molar-refractivity contribution in [3.63, 3.8) is 0 Å². The van der Waals surface area contributed by atoms with E-state index in [-0.39, 0.29) is 7.43 Å². The van der Waals surface area contributed by atoms with Gasteiger partial charge in [-0.15, -0.1) is 0 Å². The van der Waals surface area contributed by atoms with Gasteiger partial charge < -0.3 is 0 Å². The summed E-state index contributed by atoms with van der Waals surface area (Å²) < 4.78 is 0. The van der Waals surface area contributed by atoms with Crippen LogP contribution in [0.1, 0.15) is 21.3 Å². The number of hydrogen-bond donors (Lipinski definition) is 0. The fourth-order valence-electron chi connectivity index (χ4n) is 0.884. The molecule has 0 amide bonds. The highest BCUT2D eigenvalue weighted by Crippen LogP contribution is 2.11. The van der Waals surface area contributed by atoms with Gasteiger partial charge in [-0.25, -0.2) is 0 Å². The van der Waals surface area contributed by atoms with Gasteiger partial charge >= 0.3 is 0 Å². The van der Waals surface area contributed by atoms with E-state index in [2.05, 4.69) is 13.2 Å². The van der Waals surface area contributed by atoms with Crippen molar-refractivity contribution in [2.24, 2.45) is 0 Å². The maximum atomic E-state index is 3.74. The Hall–Kier alpha value is -1.30. The number of hydrogen-bond acceptors (Lipinski definition) is 0. The van der Waals surface area contributed by atoms with Crippen LogP contribution in [0.2, 0.25) is 0 Å². The highest BCUT2D eigenvalue weighted by Gasteiger charge is 1.92. The van der Waals surface area contributed by atoms with E-state index in [0.717, 1.165) is 11.1 Å². The Bertz CT molecular complexity index is 237. The molecule has 0 spiro atoms. The Labute approximate surface area is 82.7 Å². The summed E-state index contributed by atoms with van der Waals surface area (Å²) >= 11 is 0. The Morgan fingerprint density at radius 1 is 1.00 bits per heavy atom. The molecular weight excluding hydrogens is 156 g/mol. The summed E-state index contributed by atoms with van der Waals surface area (Å²) in [4.78, 5) is 0. The predicted molar refractivity (Wildman–Crippen MR) is 63.8 cm³/mol. The first-order chi connectivity index (χ1) is 5.79. The second-order valence-electron chi connectivity index (χ2n) is 2.30. The van der Waals surface area contributed by atoms with Crippen LogP contribution in [0, 0.1) is 0 Å². The van der Waals surface area contributed by atoms with E-state index in [1.807, 2.05) is 50.3 Å². The minimum absolute atomic E-state index is 0. The Morgan fingerprint density at radius 2 is 1.54 bits per heavy atom. The van der Waals surface area contributed by atoms with Gasteiger partial charge in [-0.05, 0) is 25.0 Å². The van der Waals surface area contributed by atoms with Crippen LogP contribution in [0.15, 0.2) is 60.8 Å². The third-order valence-corrected chi connectivity index (χ3v) is 1.55.